The van der Waals surface area contributed by atoms with Crippen molar-refractivity contribution in [1.82, 2.24) is 15.1 Å². The van der Waals surface area contributed by atoms with Gasteiger partial charge in [-0.15, -0.1) is 0 Å². The van der Waals surface area contributed by atoms with Gasteiger partial charge in [-0.05, 0) is 31.5 Å². The highest BCUT2D eigenvalue weighted by Gasteiger charge is 2.22. The molecular formula is C14H16Cl2N4O. The van der Waals surface area contributed by atoms with Crippen molar-refractivity contribution >= 4 is 34.8 Å². The lowest BCUT2D eigenvalue weighted by atomic mass is 10.1. The van der Waals surface area contributed by atoms with Crippen molar-refractivity contribution < 1.29 is 4.79 Å². The second-order valence-electron chi connectivity index (χ2n) is 4.98. The summed E-state index contributed by atoms with van der Waals surface area (Å²) >= 11 is 11.9. The molecule has 0 aliphatic heterocycles. The molecule has 3 N–H and O–H groups in total. The zero-order valence-corrected chi connectivity index (χ0v) is 13.2. The predicted octanol–water partition coefficient (Wildman–Crippen LogP) is 3.35. The predicted molar refractivity (Wildman–Crippen MR) is 84.5 cm³/mol. The molecule has 1 amide bonds. The van der Waals surface area contributed by atoms with E-state index in [9.17, 15) is 4.79 Å². The van der Waals surface area contributed by atoms with Gasteiger partial charge in [-0.25, -0.2) is 0 Å². The zero-order chi connectivity index (χ0) is 15.6. The largest absolute Gasteiger partial charge is 0.396 e. The summed E-state index contributed by atoms with van der Waals surface area (Å²) in [7, 11) is 0. The number of nitrogen functional groups attached to an aromatic ring is 1. The van der Waals surface area contributed by atoms with E-state index < -0.39 is 0 Å². The minimum atomic E-state index is -0.203. The van der Waals surface area contributed by atoms with Crippen LogP contribution in [0.15, 0.2) is 24.4 Å². The van der Waals surface area contributed by atoms with Gasteiger partial charge in [0.15, 0.2) is 0 Å². The van der Waals surface area contributed by atoms with Crippen LogP contribution >= 0.6 is 23.2 Å². The van der Waals surface area contributed by atoms with Crippen molar-refractivity contribution in [2.24, 2.45) is 0 Å². The van der Waals surface area contributed by atoms with Crippen LogP contribution < -0.4 is 5.73 Å². The van der Waals surface area contributed by atoms with Crippen LogP contribution in [-0.2, 0) is 6.54 Å². The number of halogens is 2. The summed E-state index contributed by atoms with van der Waals surface area (Å²) in [5.41, 5.74) is 7.26. The quantitative estimate of drug-likeness (QED) is 0.904. The van der Waals surface area contributed by atoms with Gasteiger partial charge in [-0.1, -0.05) is 29.3 Å². The molecule has 5 nitrogen and oxygen atoms in total. The molecule has 21 heavy (non-hydrogen) atoms. The Bertz CT molecular complexity index is 654. The van der Waals surface area contributed by atoms with Crippen molar-refractivity contribution in [3.05, 3.63) is 45.7 Å². The van der Waals surface area contributed by atoms with E-state index in [1.54, 1.807) is 17.0 Å². The Morgan fingerprint density at radius 3 is 2.62 bits per heavy atom. The van der Waals surface area contributed by atoms with Gasteiger partial charge in [-0.3, -0.25) is 9.89 Å². The molecule has 0 aliphatic carbocycles. The fraction of sp³-hybridized carbons (Fsp3) is 0.286. The molecular weight excluding hydrogens is 311 g/mol. The highest BCUT2D eigenvalue weighted by molar-refractivity contribution is 6.42. The number of nitrogens with one attached hydrogen (secondary N) is 1. The third kappa shape index (κ3) is 3.49. The van der Waals surface area contributed by atoms with E-state index in [0.717, 1.165) is 5.56 Å². The maximum absolute atomic E-state index is 12.5. The van der Waals surface area contributed by atoms with Gasteiger partial charge in [0, 0.05) is 12.6 Å². The molecule has 7 heteroatoms. The van der Waals surface area contributed by atoms with E-state index >= 15 is 0 Å². The van der Waals surface area contributed by atoms with Crippen molar-refractivity contribution in [3.63, 3.8) is 0 Å². The Kier molecular flexibility index (Phi) is 4.75. The van der Waals surface area contributed by atoms with E-state index in [2.05, 4.69) is 10.2 Å². The minimum absolute atomic E-state index is 0.00495. The molecule has 0 radical (unpaired) electrons. The maximum Gasteiger partial charge on any atom is 0.274 e. The van der Waals surface area contributed by atoms with Crippen LogP contribution in [0.3, 0.4) is 0 Å². The third-order valence-corrected chi connectivity index (χ3v) is 3.84. The first-order valence-electron chi connectivity index (χ1n) is 6.44. The number of hydrogen-bond acceptors (Lipinski definition) is 3. The minimum Gasteiger partial charge on any atom is -0.396 e. The van der Waals surface area contributed by atoms with Crippen molar-refractivity contribution in [3.8, 4) is 0 Å². The number of aromatic amines is 1. The molecule has 0 bridgehead atoms. The molecule has 2 aromatic rings. The van der Waals surface area contributed by atoms with E-state index in [4.69, 9.17) is 28.9 Å². The van der Waals surface area contributed by atoms with Gasteiger partial charge in [0.05, 0.1) is 21.9 Å². The first-order valence-corrected chi connectivity index (χ1v) is 7.19. The lowest BCUT2D eigenvalue weighted by Crippen LogP contribution is -2.37. The number of carbonyl (C=O) groups excluding carboxylic acids is 1. The summed E-state index contributed by atoms with van der Waals surface area (Å²) < 4.78 is 0. The molecule has 0 spiro atoms. The number of carbonyl (C=O) groups is 1. The van der Waals surface area contributed by atoms with Crippen molar-refractivity contribution in [2.75, 3.05) is 5.73 Å². The molecule has 112 valence electrons. The number of benzene rings is 1. The Hall–Kier alpha value is -1.72. The van der Waals surface area contributed by atoms with E-state index in [1.807, 2.05) is 19.9 Å². The van der Waals surface area contributed by atoms with E-state index in [1.165, 1.54) is 6.20 Å². The SMILES string of the molecule is CC(C)N(Cc1ccc(Cl)c(Cl)c1)C(=O)c1[nH]ncc1N. The molecule has 0 fully saturated rings. The molecule has 1 aromatic heterocycles. The average Bonchev–Trinajstić information content (AvgIpc) is 2.85. The second kappa shape index (κ2) is 6.37. The Morgan fingerprint density at radius 1 is 1.38 bits per heavy atom. The van der Waals surface area contributed by atoms with Crippen LogP contribution in [0.4, 0.5) is 5.69 Å². The number of amides is 1. The Morgan fingerprint density at radius 2 is 2.10 bits per heavy atom. The summed E-state index contributed by atoms with van der Waals surface area (Å²) in [6.07, 6.45) is 1.42. The van der Waals surface area contributed by atoms with Gasteiger partial charge in [0.1, 0.15) is 5.69 Å². The van der Waals surface area contributed by atoms with Crippen molar-refractivity contribution in [1.29, 1.82) is 0 Å². The van der Waals surface area contributed by atoms with Crippen molar-refractivity contribution in [2.45, 2.75) is 26.4 Å². The number of aromatic nitrogens is 2. The monoisotopic (exact) mass is 326 g/mol. The fourth-order valence-electron chi connectivity index (χ4n) is 1.93. The van der Waals surface area contributed by atoms with E-state index in [-0.39, 0.29) is 11.9 Å². The van der Waals surface area contributed by atoms with Crippen LogP contribution in [0.2, 0.25) is 10.0 Å². The maximum atomic E-state index is 12.5. The van der Waals surface area contributed by atoms with Crippen LogP contribution in [0.5, 0.6) is 0 Å². The first kappa shape index (κ1) is 15.7. The van der Waals surface area contributed by atoms with Crippen LogP contribution in [-0.4, -0.2) is 27.0 Å². The smallest absolute Gasteiger partial charge is 0.274 e. The second-order valence-corrected chi connectivity index (χ2v) is 5.79. The van der Waals surface area contributed by atoms with Gasteiger partial charge in [-0.2, -0.15) is 5.10 Å². The summed E-state index contributed by atoms with van der Waals surface area (Å²) in [5.74, 6) is -0.203. The van der Waals surface area contributed by atoms with Gasteiger partial charge >= 0.3 is 0 Å². The summed E-state index contributed by atoms with van der Waals surface area (Å²) in [5, 5.41) is 7.37. The molecule has 0 saturated heterocycles. The molecule has 0 aliphatic rings. The standard InChI is InChI=1S/C14H16Cl2N4O/c1-8(2)20(14(21)13-12(17)6-18-19-13)7-9-3-4-10(15)11(16)5-9/h3-6,8H,7,17H2,1-2H3,(H,18,19). The highest BCUT2D eigenvalue weighted by Crippen LogP contribution is 2.24. The molecule has 0 unspecified atom stereocenters. The number of nitrogens with zero attached hydrogens (tertiary/aromatic N) is 2. The summed E-state index contributed by atoms with van der Waals surface area (Å²) in [4.78, 5) is 14.2. The van der Waals surface area contributed by atoms with Crippen LogP contribution in [0, 0.1) is 0 Å². The third-order valence-electron chi connectivity index (χ3n) is 3.10. The normalized spacial score (nSPS) is 10.9. The number of nitrogens with two attached hydrogens (primary N) is 1. The Labute approximate surface area is 133 Å². The Balaban J connectivity index is 2.25. The molecule has 1 aromatic carbocycles. The lowest BCUT2D eigenvalue weighted by molar-refractivity contribution is 0.0685. The fourth-order valence-corrected chi connectivity index (χ4v) is 2.25. The highest BCUT2D eigenvalue weighted by atomic mass is 35.5. The summed E-state index contributed by atoms with van der Waals surface area (Å²) in [6.45, 7) is 4.27. The number of hydrogen-bond donors (Lipinski definition) is 2. The zero-order valence-electron chi connectivity index (χ0n) is 11.7. The number of rotatable bonds is 4. The number of anilines is 1. The van der Waals surface area contributed by atoms with Gasteiger partial charge in [0.25, 0.3) is 5.91 Å². The molecule has 2 rings (SSSR count). The molecule has 0 saturated carbocycles. The average molecular weight is 327 g/mol. The molecule has 1 heterocycles. The van der Waals surface area contributed by atoms with Crippen LogP contribution in [0.1, 0.15) is 29.9 Å². The summed E-state index contributed by atoms with van der Waals surface area (Å²) in [6, 6.07) is 5.30. The first-order chi connectivity index (χ1) is 9.90. The number of H-pyrrole nitrogens is 1. The van der Waals surface area contributed by atoms with Gasteiger partial charge in [0.2, 0.25) is 0 Å². The lowest BCUT2D eigenvalue weighted by Gasteiger charge is -2.26. The molecule has 0 atom stereocenters. The topological polar surface area (TPSA) is 75.0 Å². The van der Waals surface area contributed by atoms with Crippen LogP contribution in [0.25, 0.3) is 0 Å². The van der Waals surface area contributed by atoms with Gasteiger partial charge < -0.3 is 10.6 Å². The van der Waals surface area contributed by atoms with E-state index in [0.29, 0.717) is 28.0 Å².